The summed E-state index contributed by atoms with van der Waals surface area (Å²) >= 11 is 0. The number of carbonyl (C=O) groups is 2. The van der Waals surface area contributed by atoms with E-state index < -0.39 is 48.7 Å². The molecule has 1 heterocycles. The lowest BCUT2D eigenvalue weighted by atomic mass is 9.33. The van der Waals surface area contributed by atoms with Gasteiger partial charge in [0.2, 0.25) is 10.0 Å². The van der Waals surface area contributed by atoms with Gasteiger partial charge < -0.3 is 5.11 Å². The van der Waals surface area contributed by atoms with Gasteiger partial charge in [-0.05, 0) is 91.9 Å². The predicted octanol–water partition coefficient (Wildman–Crippen LogP) is 5.59. The molecule has 6 rings (SSSR count). The van der Waals surface area contributed by atoms with Crippen molar-refractivity contribution in [1.82, 2.24) is 9.71 Å². The summed E-state index contributed by atoms with van der Waals surface area (Å²) in [5.41, 5.74) is -4.12. The molecule has 9 heteroatoms. The van der Waals surface area contributed by atoms with E-state index in [0.29, 0.717) is 37.7 Å². The Hall–Kier alpha value is -2.67. The first kappa shape index (κ1) is 32.3. The van der Waals surface area contributed by atoms with Crippen LogP contribution >= 0.6 is 0 Å². The zero-order chi connectivity index (χ0) is 33.1. The molecule has 2 N–H and O–H groups in total. The van der Waals surface area contributed by atoms with Crippen molar-refractivity contribution in [3.63, 3.8) is 0 Å². The molecule has 0 aliphatic heterocycles. The van der Waals surface area contributed by atoms with Gasteiger partial charge in [-0.1, -0.05) is 53.7 Å². The van der Waals surface area contributed by atoms with Gasteiger partial charge in [-0.15, -0.1) is 0 Å². The van der Waals surface area contributed by atoms with Crippen molar-refractivity contribution in [2.24, 2.45) is 38.9 Å². The number of pyridine rings is 1. The number of ketones is 2. The molecule has 0 amide bonds. The van der Waals surface area contributed by atoms with Crippen LogP contribution in [-0.4, -0.2) is 41.2 Å². The molecule has 1 aromatic rings. The number of nitrogens with one attached hydrogen (secondary N) is 1. The zero-order valence-corrected chi connectivity index (χ0v) is 28.5. The van der Waals surface area contributed by atoms with Crippen molar-refractivity contribution in [3.05, 3.63) is 53.4 Å². The molecule has 0 spiro atoms. The molecule has 0 aromatic carbocycles. The van der Waals surface area contributed by atoms with E-state index in [1.807, 2.05) is 20.8 Å². The number of allylic oxidation sites excluding steroid dienone is 3. The van der Waals surface area contributed by atoms with Crippen LogP contribution < -0.4 is 4.72 Å². The largest absolute Gasteiger partial charge is 0.381 e. The highest BCUT2D eigenvalue weighted by molar-refractivity contribution is 7.88. The highest BCUT2D eigenvalue weighted by Crippen LogP contribution is 2.75. The number of Topliss-reactive ketones (excluding diaryl/α,β-unsaturated/α-hetero) is 1. The van der Waals surface area contributed by atoms with Crippen molar-refractivity contribution in [2.75, 3.05) is 0 Å². The lowest BCUT2D eigenvalue weighted by Crippen LogP contribution is -2.74. The number of rotatable bonds is 4. The maximum absolute atomic E-state index is 14.7. The third kappa shape index (κ3) is 4.27. The molecule has 0 saturated heterocycles. The fraction of sp³-hybridized carbons (Fsp3) is 0.667. The first-order chi connectivity index (χ1) is 20.7. The summed E-state index contributed by atoms with van der Waals surface area (Å²) in [5.74, 6) is -1.23. The van der Waals surface area contributed by atoms with Crippen LogP contribution in [0.5, 0.6) is 0 Å². The zero-order valence-electron chi connectivity index (χ0n) is 27.7. The summed E-state index contributed by atoms with van der Waals surface area (Å²) in [6, 6.07) is 5.59. The molecule has 0 bridgehead atoms. The quantitative estimate of drug-likeness (QED) is 0.441. The number of aliphatic hydroxyl groups is 1. The Labute approximate surface area is 267 Å². The fourth-order valence-corrected chi connectivity index (χ4v) is 12.6. The van der Waals surface area contributed by atoms with Crippen molar-refractivity contribution in [1.29, 1.82) is 5.26 Å². The number of hydrogen-bond acceptors (Lipinski definition) is 7. The van der Waals surface area contributed by atoms with Crippen LogP contribution in [-0.2, 0) is 25.4 Å². The van der Waals surface area contributed by atoms with E-state index in [9.17, 15) is 28.4 Å². The summed E-state index contributed by atoms with van der Waals surface area (Å²) in [7, 11) is -3.73. The molecule has 1 aromatic heterocycles. The van der Waals surface area contributed by atoms with Crippen molar-refractivity contribution in [2.45, 2.75) is 110 Å². The lowest BCUT2D eigenvalue weighted by Gasteiger charge is -2.71. The minimum absolute atomic E-state index is 0.0856. The van der Waals surface area contributed by atoms with E-state index in [4.69, 9.17) is 0 Å². The van der Waals surface area contributed by atoms with Gasteiger partial charge in [0.1, 0.15) is 11.7 Å². The molecular formula is C36H47N3O5S. The second kappa shape index (κ2) is 9.68. The molecule has 0 unspecified atom stereocenters. The Morgan fingerprint density at radius 1 is 1.02 bits per heavy atom. The van der Waals surface area contributed by atoms with Gasteiger partial charge in [0.15, 0.2) is 11.6 Å². The van der Waals surface area contributed by atoms with E-state index >= 15 is 0 Å². The van der Waals surface area contributed by atoms with Gasteiger partial charge in [-0.2, -0.15) is 5.26 Å². The Kier molecular flexibility index (Phi) is 6.94. The smallest absolute Gasteiger partial charge is 0.216 e. The number of hydrogen-bond donors (Lipinski definition) is 2. The molecule has 3 saturated carbocycles. The number of nitriles is 1. The summed E-state index contributed by atoms with van der Waals surface area (Å²) < 4.78 is 29.8. The van der Waals surface area contributed by atoms with Crippen LogP contribution in [0.4, 0.5) is 0 Å². The van der Waals surface area contributed by atoms with E-state index in [1.54, 1.807) is 36.7 Å². The standard InChI is InChI=1S/C36H47N3O5S/c1-30(2)25-10-11-34(6)26(33(25,5)18-24(20-37)29(30)41)17-28(40)36(42)27-19-32(4,14-12-31(27,3)13-15-35(34,36)7)39-45(43,44)22-23-9-8-16-38-21-23/h8-9,16-18,21,25,27,39,42H,10-15,19,22H2,1-7H3/t25-,27+,31+,32-,33-,34+,35-,36+/m0/s1. The van der Waals surface area contributed by atoms with Crippen LogP contribution in [0.2, 0.25) is 0 Å². The van der Waals surface area contributed by atoms with E-state index in [1.165, 1.54) is 0 Å². The van der Waals surface area contributed by atoms with Crippen LogP contribution in [0.25, 0.3) is 0 Å². The van der Waals surface area contributed by atoms with Gasteiger partial charge in [0, 0.05) is 40.1 Å². The number of carbonyl (C=O) groups excluding carboxylic acids is 2. The molecule has 3 fully saturated rings. The maximum atomic E-state index is 14.7. The average Bonchev–Trinajstić information content (AvgIpc) is 2.95. The van der Waals surface area contributed by atoms with Crippen molar-refractivity contribution < 1.29 is 23.1 Å². The van der Waals surface area contributed by atoms with Crippen LogP contribution in [0, 0.1) is 50.2 Å². The fourth-order valence-electron chi connectivity index (χ4n) is 11.0. The first-order valence-corrected chi connectivity index (χ1v) is 17.9. The lowest BCUT2D eigenvalue weighted by molar-refractivity contribution is -0.239. The molecule has 0 radical (unpaired) electrons. The average molecular weight is 634 g/mol. The Morgan fingerprint density at radius 2 is 1.71 bits per heavy atom. The van der Waals surface area contributed by atoms with Crippen molar-refractivity contribution in [3.8, 4) is 6.07 Å². The summed E-state index contributed by atoms with van der Waals surface area (Å²) in [6.45, 7) is 14.2. The topological polar surface area (TPSA) is 137 Å². The second-order valence-corrected chi connectivity index (χ2v) is 18.4. The SMILES string of the molecule is CC1(C)C(=O)C(C#N)=C[C@]2(C)C3=CC(=O)[C@]4(O)[C@@H]5C[C@@](C)(NS(=O)(=O)Cc6cccnc6)CC[C@]5(C)CC[C@@]4(C)[C@]3(C)CC[C@@H]12. The van der Waals surface area contributed by atoms with Gasteiger partial charge >= 0.3 is 0 Å². The summed E-state index contributed by atoms with van der Waals surface area (Å²) in [6.07, 6.45) is 11.2. The Bertz CT molecular complexity index is 1690. The summed E-state index contributed by atoms with van der Waals surface area (Å²) in [4.78, 5) is 32.0. The van der Waals surface area contributed by atoms with Crippen LogP contribution in [0.1, 0.15) is 99.0 Å². The minimum Gasteiger partial charge on any atom is -0.381 e. The molecule has 8 nitrogen and oxygen atoms in total. The van der Waals surface area contributed by atoms with Crippen LogP contribution in [0.15, 0.2) is 47.8 Å². The molecular weight excluding hydrogens is 586 g/mol. The first-order valence-electron chi connectivity index (χ1n) is 16.3. The normalized spacial score (nSPS) is 43.9. The van der Waals surface area contributed by atoms with Crippen LogP contribution in [0.3, 0.4) is 0 Å². The monoisotopic (exact) mass is 633 g/mol. The second-order valence-electron chi connectivity index (χ2n) is 16.6. The van der Waals surface area contributed by atoms with E-state index in [2.05, 4.69) is 43.5 Å². The predicted molar refractivity (Wildman–Crippen MR) is 171 cm³/mol. The van der Waals surface area contributed by atoms with Gasteiger partial charge in [0.05, 0.1) is 11.3 Å². The molecule has 5 aliphatic rings. The highest BCUT2D eigenvalue weighted by atomic mass is 32.2. The maximum Gasteiger partial charge on any atom is 0.216 e. The van der Waals surface area contributed by atoms with Crippen molar-refractivity contribution >= 4 is 21.6 Å². The number of sulfonamides is 1. The van der Waals surface area contributed by atoms with Gasteiger partial charge in [0.25, 0.3) is 0 Å². The number of nitrogens with zero attached hydrogens (tertiary/aromatic N) is 2. The van der Waals surface area contributed by atoms with E-state index in [0.717, 1.165) is 18.4 Å². The minimum atomic E-state index is -3.73. The molecule has 8 atom stereocenters. The molecule has 5 aliphatic carbocycles. The third-order valence-corrected chi connectivity index (χ3v) is 15.3. The third-order valence-electron chi connectivity index (χ3n) is 13.7. The number of fused-ring (bicyclic) bond motifs is 7. The molecule has 242 valence electrons. The highest BCUT2D eigenvalue weighted by Gasteiger charge is 2.75. The number of aromatic nitrogens is 1. The Balaban J connectivity index is 1.42. The van der Waals surface area contributed by atoms with Gasteiger partial charge in [-0.3, -0.25) is 14.6 Å². The Morgan fingerprint density at radius 3 is 2.36 bits per heavy atom. The van der Waals surface area contributed by atoms with E-state index in [-0.39, 0.29) is 34.2 Å². The molecule has 45 heavy (non-hydrogen) atoms. The van der Waals surface area contributed by atoms with Gasteiger partial charge in [-0.25, -0.2) is 13.1 Å². The summed E-state index contributed by atoms with van der Waals surface area (Å²) in [5, 5.41) is 23.0.